The van der Waals surface area contributed by atoms with Crippen molar-refractivity contribution in [1.82, 2.24) is 9.97 Å². The first-order chi connectivity index (χ1) is 16.7. The normalized spacial score (nSPS) is 17.0. The van der Waals surface area contributed by atoms with Crippen LogP contribution in [0.25, 0.3) is 5.76 Å². The third kappa shape index (κ3) is 4.38. The molecule has 0 aliphatic carbocycles. The number of amides is 1. The minimum Gasteiger partial charge on any atom is -0.507 e. The number of ketones is 1. The number of thiazole rings is 1. The molecule has 1 fully saturated rings. The molecule has 1 saturated heterocycles. The molecule has 35 heavy (non-hydrogen) atoms. The maximum absolute atomic E-state index is 13.3. The van der Waals surface area contributed by atoms with Crippen LogP contribution in [0.3, 0.4) is 0 Å². The van der Waals surface area contributed by atoms with Crippen LogP contribution in [-0.4, -0.2) is 39.3 Å². The summed E-state index contributed by atoms with van der Waals surface area (Å²) in [5, 5.41) is 11.5. The molecule has 1 N–H and O–H groups in total. The molecule has 9 heteroatoms. The number of pyridine rings is 1. The molecule has 1 aliphatic rings. The number of aliphatic hydroxyl groups excluding tert-OH is 1. The van der Waals surface area contributed by atoms with Gasteiger partial charge in [-0.2, -0.15) is 0 Å². The molecular weight excluding hydrogens is 466 g/mol. The summed E-state index contributed by atoms with van der Waals surface area (Å²) in [5.41, 5.74) is 2.98. The standard InChI is InChI=1S/C26H23N3O5S/c1-5-12-34-25(33)23-16(4)28-26(35-23)29-20(17-8-10-27-11-9-17)19(22(31)24(29)32)21(30)18-13-14(2)6-7-15(18)3/h5-11,13,20,30H,1,12H2,2-4H3/b21-19+. The van der Waals surface area contributed by atoms with Gasteiger partial charge in [-0.1, -0.05) is 41.7 Å². The minimum absolute atomic E-state index is 0.0306. The minimum atomic E-state index is -0.958. The van der Waals surface area contributed by atoms with E-state index in [4.69, 9.17) is 4.74 Å². The molecular formula is C26H23N3O5S. The van der Waals surface area contributed by atoms with Gasteiger partial charge < -0.3 is 9.84 Å². The van der Waals surface area contributed by atoms with Gasteiger partial charge in [-0.05, 0) is 50.1 Å². The maximum Gasteiger partial charge on any atom is 0.350 e. The highest BCUT2D eigenvalue weighted by molar-refractivity contribution is 7.17. The zero-order valence-corrected chi connectivity index (χ0v) is 20.3. The number of anilines is 1. The van der Waals surface area contributed by atoms with Crippen LogP contribution >= 0.6 is 11.3 Å². The number of ether oxygens (including phenoxy) is 1. The van der Waals surface area contributed by atoms with Gasteiger partial charge in [-0.15, -0.1) is 0 Å². The Labute approximate surface area is 206 Å². The predicted octanol–water partition coefficient (Wildman–Crippen LogP) is 4.43. The van der Waals surface area contributed by atoms with E-state index in [0.29, 0.717) is 16.8 Å². The molecule has 1 aliphatic heterocycles. The van der Waals surface area contributed by atoms with Crippen molar-refractivity contribution in [2.45, 2.75) is 26.8 Å². The van der Waals surface area contributed by atoms with Gasteiger partial charge in [0, 0.05) is 18.0 Å². The van der Waals surface area contributed by atoms with E-state index < -0.39 is 23.7 Å². The van der Waals surface area contributed by atoms with Gasteiger partial charge in [0.05, 0.1) is 17.3 Å². The molecule has 1 amide bonds. The molecule has 0 spiro atoms. The second-order valence-corrected chi connectivity index (χ2v) is 9.04. The summed E-state index contributed by atoms with van der Waals surface area (Å²) in [6, 6.07) is 7.88. The number of hydrogen-bond acceptors (Lipinski definition) is 8. The van der Waals surface area contributed by atoms with E-state index in [2.05, 4.69) is 16.5 Å². The van der Waals surface area contributed by atoms with E-state index in [0.717, 1.165) is 22.5 Å². The third-order valence-corrected chi connectivity index (χ3v) is 6.76. The molecule has 0 saturated carbocycles. The lowest BCUT2D eigenvalue weighted by atomic mass is 9.94. The van der Waals surface area contributed by atoms with E-state index in [1.54, 1.807) is 37.5 Å². The van der Waals surface area contributed by atoms with Crippen molar-refractivity contribution < 1.29 is 24.2 Å². The van der Waals surface area contributed by atoms with Crippen molar-refractivity contribution in [2.75, 3.05) is 11.5 Å². The summed E-state index contributed by atoms with van der Waals surface area (Å²) in [6.07, 6.45) is 4.53. The number of aliphatic hydroxyl groups is 1. The number of rotatable bonds is 6. The number of carbonyl (C=O) groups is 3. The molecule has 0 radical (unpaired) electrons. The van der Waals surface area contributed by atoms with E-state index in [-0.39, 0.29) is 27.9 Å². The number of aromatic nitrogens is 2. The van der Waals surface area contributed by atoms with Gasteiger partial charge in [-0.25, -0.2) is 9.78 Å². The van der Waals surface area contributed by atoms with Crippen molar-refractivity contribution in [3.05, 3.63) is 93.8 Å². The quantitative estimate of drug-likeness (QED) is 0.179. The second kappa shape index (κ2) is 9.63. The first-order valence-corrected chi connectivity index (χ1v) is 11.6. The van der Waals surface area contributed by atoms with Crippen molar-refractivity contribution >= 4 is 39.9 Å². The van der Waals surface area contributed by atoms with Crippen molar-refractivity contribution in [3.8, 4) is 0 Å². The maximum atomic E-state index is 13.3. The molecule has 178 valence electrons. The van der Waals surface area contributed by atoms with Gasteiger partial charge in [-0.3, -0.25) is 19.5 Å². The fourth-order valence-electron chi connectivity index (χ4n) is 3.90. The van der Waals surface area contributed by atoms with E-state index in [9.17, 15) is 19.5 Å². The van der Waals surface area contributed by atoms with Gasteiger partial charge >= 0.3 is 11.9 Å². The fraction of sp³-hybridized carbons (Fsp3) is 0.192. The molecule has 4 rings (SSSR count). The highest BCUT2D eigenvalue weighted by Gasteiger charge is 2.48. The number of aryl methyl sites for hydroxylation is 3. The largest absolute Gasteiger partial charge is 0.507 e. The molecule has 1 aromatic carbocycles. The zero-order chi connectivity index (χ0) is 25.3. The number of Topliss-reactive ketones (excluding diaryl/α,β-unsaturated/α-hetero) is 1. The fourth-order valence-corrected chi connectivity index (χ4v) is 4.89. The van der Waals surface area contributed by atoms with Crippen LogP contribution in [0.15, 0.2) is 61.0 Å². The Morgan fingerprint density at radius 3 is 2.60 bits per heavy atom. The summed E-state index contributed by atoms with van der Waals surface area (Å²) in [4.78, 5) is 48.9. The van der Waals surface area contributed by atoms with Gasteiger partial charge in [0.15, 0.2) is 5.13 Å². The van der Waals surface area contributed by atoms with Crippen molar-refractivity contribution in [2.24, 2.45) is 0 Å². The molecule has 1 atom stereocenters. The van der Waals surface area contributed by atoms with E-state index in [1.807, 2.05) is 26.0 Å². The van der Waals surface area contributed by atoms with Gasteiger partial charge in [0.2, 0.25) is 0 Å². The Morgan fingerprint density at radius 1 is 1.20 bits per heavy atom. The Balaban J connectivity index is 1.90. The lowest BCUT2D eigenvalue weighted by molar-refractivity contribution is -0.132. The summed E-state index contributed by atoms with van der Waals surface area (Å²) < 4.78 is 5.12. The zero-order valence-electron chi connectivity index (χ0n) is 19.4. The second-order valence-electron chi connectivity index (χ2n) is 8.07. The highest BCUT2D eigenvalue weighted by atomic mass is 32.1. The SMILES string of the molecule is C=CCOC(=O)c1sc(N2C(=O)C(=O)/C(=C(/O)c3cc(C)ccc3C)C2c2ccncc2)nc1C. The molecule has 2 aromatic heterocycles. The Morgan fingerprint density at radius 2 is 1.91 bits per heavy atom. The number of nitrogens with zero attached hydrogens (tertiary/aromatic N) is 3. The Bertz CT molecular complexity index is 1380. The monoisotopic (exact) mass is 489 g/mol. The molecule has 3 heterocycles. The lowest BCUT2D eigenvalue weighted by Crippen LogP contribution is -2.29. The summed E-state index contributed by atoms with van der Waals surface area (Å²) in [6.45, 7) is 8.87. The van der Waals surface area contributed by atoms with E-state index >= 15 is 0 Å². The average molecular weight is 490 g/mol. The molecule has 3 aromatic rings. The number of carbonyl (C=O) groups excluding carboxylic acids is 3. The van der Waals surface area contributed by atoms with Gasteiger partial charge in [0.25, 0.3) is 5.78 Å². The summed E-state index contributed by atoms with van der Waals surface area (Å²) >= 11 is 0.948. The summed E-state index contributed by atoms with van der Waals surface area (Å²) in [5.74, 6) is -2.56. The summed E-state index contributed by atoms with van der Waals surface area (Å²) in [7, 11) is 0. The van der Waals surface area contributed by atoms with Crippen LogP contribution in [0, 0.1) is 20.8 Å². The van der Waals surface area contributed by atoms with Crippen LogP contribution in [0.1, 0.15) is 43.7 Å². The molecule has 1 unspecified atom stereocenters. The average Bonchev–Trinajstić information content (AvgIpc) is 3.36. The Hall–Kier alpha value is -4.11. The first kappa shape index (κ1) is 24.0. The van der Waals surface area contributed by atoms with Crippen LogP contribution in [-0.2, 0) is 14.3 Å². The topological polar surface area (TPSA) is 110 Å². The number of esters is 1. The smallest absolute Gasteiger partial charge is 0.350 e. The molecule has 0 bridgehead atoms. The van der Waals surface area contributed by atoms with Crippen molar-refractivity contribution in [3.63, 3.8) is 0 Å². The van der Waals surface area contributed by atoms with Crippen molar-refractivity contribution in [1.29, 1.82) is 0 Å². The highest BCUT2D eigenvalue weighted by Crippen LogP contribution is 2.44. The van der Waals surface area contributed by atoms with Crippen LogP contribution in [0.2, 0.25) is 0 Å². The van der Waals surface area contributed by atoms with E-state index in [1.165, 1.54) is 11.0 Å². The number of benzene rings is 1. The molecule has 8 nitrogen and oxygen atoms in total. The third-order valence-electron chi connectivity index (χ3n) is 5.62. The first-order valence-electron chi connectivity index (χ1n) is 10.8. The Kier molecular flexibility index (Phi) is 6.61. The van der Waals surface area contributed by atoms with Crippen LogP contribution in [0.4, 0.5) is 5.13 Å². The van der Waals surface area contributed by atoms with Crippen LogP contribution < -0.4 is 4.90 Å². The lowest BCUT2D eigenvalue weighted by Gasteiger charge is -2.23. The predicted molar refractivity (Wildman–Crippen MR) is 132 cm³/mol. The number of hydrogen-bond donors (Lipinski definition) is 1. The van der Waals surface area contributed by atoms with Crippen LogP contribution in [0.5, 0.6) is 0 Å². The van der Waals surface area contributed by atoms with Gasteiger partial charge in [0.1, 0.15) is 17.2 Å².